The Hall–Kier alpha value is -0.0800. The minimum absolute atomic E-state index is 0.684. The van der Waals surface area contributed by atoms with E-state index in [1.807, 2.05) is 0 Å². The SMILES string of the molecule is CC(C)C1(CN2CCC(CN)C2)CC1. The molecule has 0 spiro atoms. The number of rotatable bonds is 4. The van der Waals surface area contributed by atoms with E-state index in [4.69, 9.17) is 5.73 Å². The van der Waals surface area contributed by atoms with Gasteiger partial charge < -0.3 is 10.6 Å². The number of likely N-dealkylation sites (tertiary alicyclic amines) is 1. The molecule has 2 aliphatic rings. The third kappa shape index (κ3) is 1.96. The second kappa shape index (κ2) is 3.82. The molecule has 2 fully saturated rings. The second-order valence-corrected chi connectivity index (χ2v) is 5.64. The van der Waals surface area contributed by atoms with Gasteiger partial charge in [-0.05, 0) is 49.6 Å². The summed E-state index contributed by atoms with van der Waals surface area (Å²) in [5.74, 6) is 1.64. The van der Waals surface area contributed by atoms with Crippen LogP contribution in [0.25, 0.3) is 0 Å². The average Bonchev–Trinajstić information content (AvgIpc) is 2.78. The van der Waals surface area contributed by atoms with Crippen LogP contribution in [0.1, 0.15) is 33.1 Å². The molecule has 0 aromatic rings. The third-order valence-electron chi connectivity index (χ3n) is 4.36. The van der Waals surface area contributed by atoms with Crippen molar-refractivity contribution in [3.63, 3.8) is 0 Å². The average molecular weight is 196 g/mol. The third-order valence-corrected chi connectivity index (χ3v) is 4.36. The summed E-state index contributed by atoms with van der Waals surface area (Å²) >= 11 is 0. The highest BCUT2D eigenvalue weighted by Gasteiger charge is 2.46. The molecule has 2 N–H and O–H groups in total. The highest BCUT2D eigenvalue weighted by atomic mass is 15.2. The van der Waals surface area contributed by atoms with Crippen LogP contribution in [0.15, 0.2) is 0 Å². The zero-order valence-electron chi connectivity index (χ0n) is 9.63. The lowest BCUT2D eigenvalue weighted by Gasteiger charge is -2.26. The van der Waals surface area contributed by atoms with Crippen LogP contribution < -0.4 is 5.73 Å². The molecule has 1 saturated heterocycles. The van der Waals surface area contributed by atoms with E-state index in [-0.39, 0.29) is 0 Å². The fraction of sp³-hybridized carbons (Fsp3) is 1.00. The Morgan fingerprint density at radius 2 is 2.14 bits per heavy atom. The summed E-state index contributed by atoms with van der Waals surface area (Å²) < 4.78 is 0. The van der Waals surface area contributed by atoms with E-state index >= 15 is 0 Å². The molecular formula is C12H24N2. The minimum atomic E-state index is 0.684. The molecule has 2 rings (SSSR count). The van der Waals surface area contributed by atoms with E-state index in [0.29, 0.717) is 5.41 Å². The maximum Gasteiger partial charge on any atom is 0.00406 e. The number of nitrogens with two attached hydrogens (primary N) is 1. The predicted octanol–water partition coefficient (Wildman–Crippen LogP) is 1.70. The van der Waals surface area contributed by atoms with E-state index in [1.54, 1.807) is 0 Å². The van der Waals surface area contributed by atoms with Gasteiger partial charge in [-0.1, -0.05) is 13.8 Å². The summed E-state index contributed by atoms with van der Waals surface area (Å²) in [5, 5.41) is 0. The Labute approximate surface area is 87.8 Å². The molecule has 1 saturated carbocycles. The molecule has 0 radical (unpaired) electrons. The number of hydrogen-bond acceptors (Lipinski definition) is 2. The lowest BCUT2D eigenvalue weighted by Crippen LogP contribution is -2.32. The summed E-state index contributed by atoms with van der Waals surface area (Å²) in [6.07, 6.45) is 4.23. The maximum atomic E-state index is 5.71. The summed E-state index contributed by atoms with van der Waals surface area (Å²) in [7, 11) is 0. The molecule has 1 atom stereocenters. The van der Waals surface area contributed by atoms with Gasteiger partial charge in [0.2, 0.25) is 0 Å². The molecule has 1 unspecified atom stereocenters. The lowest BCUT2D eigenvalue weighted by atomic mass is 9.92. The Morgan fingerprint density at radius 1 is 1.43 bits per heavy atom. The van der Waals surface area contributed by atoms with Gasteiger partial charge >= 0.3 is 0 Å². The van der Waals surface area contributed by atoms with Gasteiger partial charge in [0.1, 0.15) is 0 Å². The highest BCUT2D eigenvalue weighted by molar-refractivity contribution is 4.98. The van der Waals surface area contributed by atoms with E-state index in [0.717, 1.165) is 18.4 Å². The van der Waals surface area contributed by atoms with Crippen LogP contribution in [0.2, 0.25) is 0 Å². The molecule has 0 aromatic heterocycles. The molecular weight excluding hydrogens is 172 g/mol. The highest BCUT2D eigenvalue weighted by Crippen LogP contribution is 2.52. The topological polar surface area (TPSA) is 29.3 Å². The molecule has 1 heterocycles. The Bertz CT molecular complexity index is 196. The zero-order chi connectivity index (χ0) is 10.2. The first-order valence-corrected chi connectivity index (χ1v) is 6.09. The van der Waals surface area contributed by atoms with Crippen LogP contribution >= 0.6 is 0 Å². The maximum absolute atomic E-state index is 5.71. The van der Waals surface area contributed by atoms with Crippen molar-refractivity contribution in [2.45, 2.75) is 33.1 Å². The van der Waals surface area contributed by atoms with Gasteiger partial charge in [0.25, 0.3) is 0 Å². The molecule has 82 valence electrons. The molecule has 1 aliphatic carbocycles. The van der Waals surface area contributed by atoms with Gasteiger partial charge in [-0.15, -0.1) is 0 Å². The van der Waals surface area contributed by atoms with Crippen LogP contribution in [0.3, 0.4) is 0 Å². The predicted molar refractivity (Wildman–Crippen MR) is 60.1 cm³/mol. The van der Waals surface area contributed by atoms with E-state index < -0.39 is 0 Å². The van der Waals surface area contributed by atoms with Crippen molar-refractivity contribution in [3.8, 4) is 0 Å². The summed E-state index contributed by atoms with van der Waals surface area (Å²) in [5.41, 5.74) is 6.39. The fourth-order valence-corrected chi connectivity index (χ4v) is 2.77. The van der Waals surface area contributed by atoms with Gasteiger partial charge in [-0.3, -0.25) is 0 Å². The molecule has 2 nitrogen and oxygen atoms in total. The number of hydrogen-bond donors (Lipinski definition) is 1. The van der Waals surface area contributed by atoms with Gasteiger partial charge in [0.15, 0.2) is 0 Å². The van der Waals surface area contributed by atoms with Crippen molar-refractivity contribution in [2.24, 2.45) is 23.0 Å². The minimum Gasteiger partial charge on any atom is -0.330 e. The molecule has 2 heteroatoms. The zero-order valence-corrected chi connectivity index (χ0v) is 9.63. The standard InChI is InChI=1S/C12H24N2/c1-10(2)12(4-5-12)9-14-6-3-11(7-13)8-14/h10-11H,3-9,13H2,1-2H3. The van der Waals surface area contributed by atoms with Crippen LogP contribution in [0.4, 0.5) is 0 Å². The van der Waals surface area contributed by atoms with Crippen molar-refractivity contribution >= 4 is 0 Å². The van der Waals surface area contributed by atoms with Gasteiger partial charge in [0, 0.05) is 13.1 Å². The van der Waals surface area contributed by atoms with Crippen LogP contribution in [0, 0.1) is 17.3 Å². The van der Waals surface area contributed by atoms with E-state index in [9.17, 15) is 0 Å². The smallest absolute Gasteiger partial charge is 0.00406 e. The van der Waals surface area contributed by atoms with Crippen molar-refractivity contribution in [2.75, 3.05) is 26.2 Å². The van der Waals surface area contributed by atoms with Gasteiger partial charge in [-0.25, -0.2) is 0 Å². The summed E-state index contributed by atoms with van der Waals surface area (Å²) in [4.78, 5) is 2.64. The molecule has 1 aliphatic heterocycles. The molecule has 0 amide bonds. The molecule has 0 aromatic carbocycles. The van der Waals surface area contributed by atoms with Crippen molar-refractivity contribution in [3.05, 3.63) is 0 Å². The van der Waals surface area contributed by atoms with Crippen LogP contribution in [0.5, 0.6) is 0 Å². The largest absolute Gasteiger partial charge is 0.330 e. The van der Waals surface area contributed by atoms with Crippen molar-refractivity contribution in [1.82, 2.24) is 4.90 Å². The van der Waals surface area contributed by atoms with Crippen molar-refractivity contribution < 1.29 is 0 Å². The second-order valence-electron chi connectivity index (χ2n) is 5.64. The first-order valence-electron chi connectivity index (χ1n) is 6.09. The first-order chi connectivity index (χ1) is 6.66. The summed E-state index contributed by atoms with van der Waals surface area (Å²) in [6.45, 7) is 9.51. The van der Waals surface area contributed by atoms with E-state index in [2.05, 4.69) is 18.7 Å². The molecule has 14 heavy (non-hydrogen) atoms. The van der Waals surface area contributed by atoms with E-state index in [1.165, 1.54) is 38.9 Å². The van der Waals surface area contributed by atoms with Crippen LogP contribution in [-0.2, 0) is 0 Å². The number of nitrogens with zero attached hydrogens (tertiary/aromatic N) is 1. The van der Waals surface area contributed by atoms with Gasteiger partial charge in [0.05, 0.1) is 0 Å². The quantitative estimate of drug-likeness (QED) is 0.741. The fourth-order valence-electron chi connectivity index (χ4n) is 2.77. The molecule has 0 bridgehead atoms. The lowest BCUT2D eigenvalue weighted by molar-refractivity contribution is 0.213. The van der Waals surface area contributed by atoms with Gasteiger partial charge in [-0.2, -0.15) is 0 Å². The Kier molecular flexibility index (Phi) is 2.85. The normalized spacial score (nSPS) is 31.3. The van der Waals surface area contributed by atoms with Crippen molar-refractivity contribution in [1.29, 1.82) is 0 Å². The first kappa shape index (κ1) is 10.4. The Morgan fingerprint density at radius 3 is 2.57 bits per heavy atom. The monoisotopic (exact) mass is 196 g/mol. The Balaban J connectivity index is 1.82. The summed E-state index contributed by atoms with van der Waals surface area (Å²) in [6, 6.07) is 0. The van der Waals surface area contributed by atoms with Crippen LogP contribution in [-0.4, -0.2) is 31.1 Å².